The normalized spacial score (nSPS) is 24.1. The molecule has 0 radical (unpaired) electrons. The van der Waals surface area contributed by atoms with Crippen molar-refractivity contribution in [1.29, 1.82) is 0 Å². The number of hydrogen-bond acceptors (Lipinski definition) is 7. The highest BCUT2D eigenvalue weighted by Gasteiger charge is 2.23. The molecule has 0 bridgehead atoms. The summed E-state index contributed by atoms with van der Waals surface area (Å²) in [5.74, 6) is 2.96. The van der Waals surface area contributed by atoms with Crippen LogP contribution in [-0.2, 0) is 13.0 Å². The zero-order chi connectivity index (χ0) is 25.6. The molecule has 202 valence electrons. The third kappa shape index (κ3) is 7.88. The maximum Gasteiger partial charge on any atom is 0.224 e. The molecule has 0 unspecified atom stereocenters. The molecular weight excluding hydrogens is 460 g/mol. The highest BCUT2D eigenvalue weighted by molar-refractivity contribution is 5.49. The van der Waals surface area contributed by atoms with E-state index < -0.39 is 0 Å². The summed E-state index contributed by atoms with van der Waals surface area (Å²) in [6.07, 6.45) is 10.4. The molecule has 2 heterocycles. The van der Waals surface area contributed by atoms with Crippen LogP contribution in [-0.4, -0.2) is 76.8 Å². The molecule has 2 saturated carbocycles. The Bertz CT molecular complexity index is 978. The van der Waals surface area contributed by atoms with Crippen molar-refractivity contribution in [2.24, 2.45) is 5.92 Å². The summed E-state index contributed by atoms with van der Waals surface area (Å²) in [7, 11) is 2.21. The fraction of sp³-hybridized carbons (Fsp3) is 0.667. The third-order valence-corrected chi connectivity index (χ3v) is 8.51. The average Bonchev–Trinajstić information content (AvgIpc) is 3.73. The Hall–Kier alpha value is -2.22. The predicted molar refractivity (Wildman–Crippen MR) is 151 cm³/mol. The van der Waals surface area contributed by atoms with Crippen LogP contribution in [0.4, 0.5) is 11.8 Å². The number of hydrogen-bond donors (Lipinski definition) is 3. The van der Waals surface area contributed by atoms with Gasteiger partial charge in [-0.1, -0.05) is 44.0 Å². The van der Waals surface area contributed by atoms with Crippen LogP contribution in [0.25, 0.3) is 0 Å². The molecule has 37 heavy (non-hydrogen) atoms. The largest absolute Gasteiger partial charge is 0.393 e. The Kier molecular flexibility index (Phi) is 8.95. The number of anilines is 2. The molecular formula is C30H46N6O. The van der Waals surface area contributed by atoms with Crippen molar-refractivity contribution < 1.29 is 5.11 Å². The van der Waals surface area contributed by atoms with E-state index in [4.69, 9.17) is 4.98 Å². The van der Waals surface area contributed by atoms with Gasteiger partial charge in [0.05, 0.1) is 6.10 Å². The first-order valence-electron chi connectivity index (χ1n) is 14.6. The molecule has 7 heteroatoms. The third-order valence-electron chi connectivity index (χ3n) is 8.51. The minimum absolute atomic E-state index is 0.151. The van der Waals surface area contributed by atoms with Crippen LogP contribution < -0.4 is 10.6 Å². The van der Waals surface area contributed by atoms with Gasteiger partial charge in [-0.05, 0) is 68.5 Å². The number of aromatic nitrogens is 2. The standard InChI is InChI=1S/C30H46N6O/c1-22(25-7-5-24(6-8-25)21-36-17-15-35(2)16-18-36)19-26-20-32-30(31-14-13-23-3-4-23)34-29(26)33-27-9-11-28(37)12-10-27/h5-8,20,22-23,27-28,37H,3-4,9-19,21H2,1-2H3,(H2,31,32,33,34)/t22-,27?,28?/m1/s1. The second kappa shape index (κ2) is 12.5. The van der Waals surface area contributed by atoms with Crippen LogP contribution >= 0.6 is 0 Å². The van der Waals surface area contributed by atoms with E-state index in [2.05, 4.69) is 63.7 Å². The zero-order valence-corrected chi connectivity index (χ0v) is 22.8. The van der Waals surface area contributed by atoms with Crippen molar-refractivity contribution >= 4 is 11.8 Å². The Morgan fingerprint density at radius 1 is 1.00 bits per heavy atom. The van der Waals surface area contributed by atoms with E-state index in [0.29, 0.717) is 12.0 Å². The van der Waals surface area contributed by atoms with Gasteiger partial charge in [-0.2, -0.15) is 4.98 Å². The summed E-state index contributed by atoms with van der Waals surface area (Å²) in [6, 6.07) is 9.58. The van der Waals surface area contributed by atoms with Crippen molar-refractivity contribution in [3.05, 3.63) is 47.2 Å². The summed E-state index contributed by atoms with van der Waals surface area (Å²) < 4.78 is 0. The highest BCUT2D eigenvalue weighted by Crippen LogP contribution is 2.32. The van der Waals surface area contributed by atoms with Crippen molar-refractivity contribution in [3.8, 4) is 0 Å². The molecule has 2 aromatic rings. The van der Waals surface area contributed by atoms with Gasteiger partial charge in [0.25, 0.3) is 0 Å². The van der Waals surface area contributed by atoms with Gasteiger partial charge in [-0.3, -0.25) is 4.90 Å². The van der Waals surface area contributed by atoms with Crippen molar-refractivity contribution in [3.63, 3.8) is 0 Å². The number of piperazine rings is 1. The molecule has 0 amide bonds. The molecule has 3 N–H and O–H groups in total. The van der Waals surface area contributed by atoms with Gasteiger partial charge in [0, 0.05) is 57.1 Å². The fourth-order valence-corrected chi connectivity index (χ4v) is 5.64. The lowest BCUT2D eigenvalue weighted by atomic mass is 9.92. The number of benzene rings is 1. The molecule has 0 spiro atoms. The highest BCUT2D eigenvalue weighted by atomic mass is 16.3. The van der Waals surface area contributed by atoms with Gasteiger partial charge >= 0.3 is 0 Å². The van der Waals surface area contributed by atoms with E-state index in [0.717, 1.165) is 89.1 Å². The molecule has 1 aromatic carbocycles. The van der Waals surface area contributed by atoms with E-state index in [9.17, 15) is 5.11 Å². The molecule has 1 atom stereocenters. The summed E-state index contributed by atoms with van der Waals surface area (Å²) >= 11 is 0. The van der Waals surface area contributed by atoms with Gasteiger partial charge in [-0.25, -0.2) is 4.98 Å². The zero-order valence-electron chi connectivity index (χ0n) is 22.8. The lowest BCUT2D eigenvalue weighted by Crippen LogP contribution is -2.43. The van der Waals surface area contributed by atoms with Gasteiger partial charge in [0.2, 0.25) is 5.95 Å². The van der Waals surface area contributed by atoms with Crippen LogP contribution in [0.1, 0.15) is 74.5 Å². The number of aliphatic hydroxyl groups excluding tert-OH is 1. The van der Waals surface area contributed by atoms with Crippen LogP contribution in [0.15, 0.2) is 30.5 Å². The number of rotatable bonds is 11. The Labute approximate surface area is 223 Å². The van der Waals surface area contributed by atoms with Crippen LogP contribution in [0.3, 0.4) is 0 Å². The maximum absolute atomic E-state index is 9.94. The lowest BCUT2D eigenvalue weighted by molar-refractivity contribution is 0.126. The number of likely N-dealkylation sites (N-methyl/N-ethyl adjacent to an activating group) is 1. The van der Waals surface area contributed by atoms with E-state index in [1.165, 1.54) is 36.0 Å². The molecule has 7 nitrogen and oxygen atoms in total. The molecule has 2 aliphatic carbocycles. The lowest BCUT2D eigenvalue weighted by Gasteiger charge is -2.32. The first kappa shape index (κ1) is 26.4. The molecule has 5 rings (SSSR count). The fourth-order valence-electron chi connectivity index (χ4n) is 5.64. The van der Waals surface area contributed by atoms with Crippen LogP contribution in [0.2, 0.25) is 0 Å². The van der Waals surface area contributed by atoms with Gasteiger partial charge < -0.3 is 20.6 Å². The molecule has 3 fully saturated rings. The Balaban J connectivity index is 1.22. The summed E-state index contributed by atoms with van der Waals surface area (Å²) in [5.41, 5.74) is 3.93. The molecule has 1 aromatic heterocycles. The first-order chi connectivity index (χ1) is 18.0. The number of nitrogens with zero attached hydrogens (tertiary/aromatic N) is 4. The van der Waals surface area contributed by atoms with E-state index >= 15 is 0 Å². The van der Waals surface area contributed by atoms with Crippen molar-refractivity contribution in [1.82, 2.24) is 19.8 Å². The van der Waals surface area contributed by atoms with E-state index in [1.807, 2.05) is 6.20 Å². The Morgan fingerprint density at radius 3 is 2.43 bits per heavy atom. The number of nitrogens with one attached hydrogen (secondary N) is 2. The quantitative estimate of drug-likeness (QED) is 0.414. The van der Waals surface area contributed by atoms with Gasteiger partial charge in [0.15, 0.2) is 0 Å². The predicted octanol–water partition coefficient (Wildman–Crippen LogP) is 4.50. The minimum Gasteiger partial charge on any atom is -0.393 e. The summed E-state index contributed by atoms with van der Waals surface area (Å²) in [4.78, 5) is 14.6. The van der Waals surface area contributed by atoms with Crippen LogP contribution in [0, 0.1) is 5.92 Å². The second-order valence-corrected chi connectivity index (χ2v) is 11.8. The van der Waals surface area contributed by atoms with E-state index in [1.54, 1.807) is 0 Å². The molecule has 1 aliphatic heterocycles. The monoisotopic (exact) mass is 506 g/mol. The van der Waals surface area contributed by atoms with Crippen molar-refractivity contribution in [2.75, 3.05) is 50.4 Å². The first-order valence-corrected chi connectivity index (χ1v) is 14.6. The summed E-state index contributed by atoms with van der Waals surface area (Å²) in [6.45, 7) is 8.89. The number of aliphatic hydroxyl groups is 1. The summed E-state index contributed by atoms with van der Waals surface area (Å²) in [5, 5.41) is 17.1. The average molecular weight is 507 g/mol. The Morgan fingerprint density at radius 2 is 1.73 bits per heavy atom. The maximum atomic E-state index is 9.94. The molecule has 3 aliphatic rings. The van der Waals surface area contributed by atoms with Crippen molar-refractivity contribution in [2.45, 2.75) is 82.9 Å². The smallest absolute Gasteiger partial charge is 0.224 e. The van der Waals surface area contributed by atoms with Gasteiger partial charge in [-0.15, -0.1) is 0 Å². The minimum atomic E-state index is -0.151. The second-order valence-electron chi connectivity index (χ2n) is 11.8. The van der Waals surface area contributed by atoms with Crippen LogP contribution in [0.5, 0.6) is 0 Å². The van der Waals surface area contributed by atoms with E-state index in [-0.39, 0.29) is 6.10 Å². The molecule has 1 saturated heterocycles. The topological polar surface area (TPSA) is 76.5 Å². The SMILES string of the molecule is C[C@H](Cc1cnc(NCCC2CC2)nc1NC1CCC(O)CC1)c1ccc(CN2CCN(C)CC2)cc1. The van der Waals surface area contributed by atoms with Gasteiger partial charge in [0.1, 0.15) is 5.82 Å².